The van der Waals surface area contributed by atoms with Gasteiger partial charge in [0, 0.05) is 18.0 Å². The van der Waals surface area contributed by atoms with Gasteiger partial charge >= 0.3 is 5.97 Å². The summed E-state index contributed by atoms with van der Waals surface area (Å²) in [5, 5.41) is 9.01. The Morgan fingerprint density at radius 3 is 2.65 bits per heavy atom. The molecule has 0 fully saturated rings. The predicted octanol–water partition coefficient (Wildman–Crippen LogP) is 1.92. The maximum atomic E-state index is 12.0. The van der Waals surface area contributed by atoms with E-state index in [1.807, 2.05) is 6.92 Å². The van der Waals surface area contributed by atoms with Crippen LogP contribution in [0.5, 0.6) is 0 Å². The van der Waals surface area contributed by atoms with Crippen molar-refractivity contribution < 1.29 is 9.90 Å². The molecule has 0 atom stereocenters. The first-order valence-corrected chi connectivity index (χ1v) is 6.66. The van der Waals surface area contributed by atoms with E-state index in [0.717, 1.165) is 17.2 Å². The Balaban J connectivity index is 3.17. The molecule has 0 unspecified atom stereocenters. The van der Waals surface area contributed by atoms with Crippen molar-refractivity contribution in [3.05, 3.63) is 33.2 Å². The number of rotatable bonds is 5. The monoisotopic (exact) mass is 255 g/mol. The minimum Gasteiger partial charge on any atom is -0.477 e. The third-order valence-corrected chi connectivity index (χ3v) is 3.46. The quantitative estimate of drug-likeness (QED) is 0.817. The molecule has 0 bridgehead atoms. The lowest BCUT2D eigenvalue weighted by molar-refractivity contribution is 0.0693. The van der Waals surface area contributed by atoms with Gasteiger partial charge in [-0.05, 0) is 31.2 Å². The average molecular weight is 255 g/mol. The van der Waals surface area contributed by atoms with Crippen LogP contribution in [0.15, 0.2) is 10.9 Å². The van der Waals surface area contributed by atoms with E-state index < -0.39 is 11.5 Å². The normalized spacial score (nSPS) is 10.5. The molecule has 0 aliphatic rings. The summed E-state index contributed by atoms with van der Waals surface area (Å²) in [4.78, 5) is 23.0. The van der Waals surface area contributed by atoms with Gasteiger partial charge in [-0.3, -0.25) is 4.79 Å². The zero-order valence-electron chi connectivity index (χ0n) is 10.3. The Hall–Kier alpha value is -1.23. The zero-order valence-corrected chi connectivity index (χ0v) is 11.1. The van der Waals surface area contributed by atoms with E-state index >= 15 is 0 Å². The van der Waals surface area contributed by atoms with Crippen LogP contribution in [-0.4, -0.2) is 27.1 Å². The summed E-state index contributed by atoms with van der Waals surface area (Å²) in [6, 6.07) is 1.75. The summed E-state index contributed by atoms with van der Waals surface area (Å²) in [5.74, 6) is 0.662. The summed E-state index contributed by atoms with van der Waals surface area (Å²) >= 11 is 1.73. The summed E-state index contributed by atoms with van der Waals surface area (Å²) in [5.41, 5.74) is 0.831. The molecular formula is C12H17NO3S. The molecular weight excluding hydrogens is 238 g/mol. The SMILES string of the molecule is CCSCCn1c(C)cc(C)c(C(=O)O)c1=O. The highest BCUT2D eigenvalue weighted by atomic mass is 32.2. The van der Waals surface area contributed by atoms with Crippen LogP contribution in [0.2, 0.25) is 0 Å². The fourth-order valence-corrected chi connectivity index (χ4v) is 2.37. The lowest BCUT2D eigenvalue weighted by Crippen LogP contribution is -2.30. The van der Waals surface area contributed by atoms with Crippen molar-refractivity contribution in [3.63, 3.8) is 0 Å². The second-order valence-electron chi connectivity index (χ2n) is 3.80. The third-order valence-electron chi connectivity index (χ3n) is 2.58. The molecule has 1 N–H and O–H groups in total. The van der Waals surface area contributed by atoms with Gasteiger partial charge in [-0.2, -0.15) is 11.8 Å². The second kappa shape index (κ2) is 5.91. The van der Waals surface area contributed by atoms with E-state index in [0.29, 0.717) is 12.1 Å². The molecule has 0 saturated carbocycles. The van der Waals surface area contributed by atoms with Gasteiger partial charge < -0.3 is 9.67 Å². The van der Waals surface area contributed by atoms with Crippen LogP contribution in [-0.2, 0) is 6.54 Å². The first-order valence-electron chi connectivity index (χ1n) is 5.51. The molecule has 0 spiro atoms. The number of aromatic nitrogens is 1. The highest BCUT2D eigenvalue weighted by Crippen LogP contribution is 2.08. The van der Waals surface area contributed by atoms with Crippen molar-refractivity contribution in [2.24, 2.45) is 0 Å². The fraction of sp³-hybridized carbons (Fsp3) is 0.500. The predicted molar refractivity (Wildman–Crippen MR) is 70.1 cm³/mol. The minimum atomic E-state index is -1.15. The van der Waals surface area contributed by atoms with Gasteiger partial charge in [-0.25, -0.2) is 4.79 Å². The van der Waals surface area contributed by atoms with Gasteiger partial charge in [-0.15, -0.1) is 0 Å². The van der Waals surface area contributed by atoms with Gasteiger partial charge in [0.2, 0.25) is 0 Å². The van der Waals surface area contributed by atoms with Gasteiger partial charge in [-0.1, -0.05) is 6.92 Å². The van der Waals surface area contributed by atoms with E-state index in [-0.39, 0.29) is 5.56 Å². The van der Waals surface area contributed by atoms with E-state index in [1.165, 1.54) is 0 Å². The Kier molecular flexibility index (Phi) is 4.81. The molecule has 0 amide bonds. The molecule has 1 aromatic rings. The van der Waals surface area contributed by atoms with Crippen molar-refractivity contribution in [3.8, 4) is 0 Å². The zero-order chi connectivity index (χ0) is 13.0. The number of aryl methyl sites for hydroxylation is 2. The molecule has 94 valence electrons. The average Bonchev–Trinajstić information content (AvgIpc) is 2.21. The second-order valence-corrected chi connectivity index (χ2v) is 5.20. The highest BCUT2D eigenvalue weighted by molar-refractivity contribution is 7.99. The van der Waals surface area contributed by atoms with Crippen molar-refractivity contribution in [2.75, 3.05) is 11.5 Å². The maximum Gasteiger partial charge on any atom is 0.341 e. The molecule has 0 aliphatic heterocycles. The van der Waals surface area contributed by atoms with E-state index in [4.69, 9.17) is 5.11 Å². The van der Waals surface area contributed by atoms with Crippen molar-refractivity contribution in [1.29, 1.82) is 0 Å². The topological polar surface area (TPSA) is 59.3 Å². The number of thioether (sulfide) groups is 1. The maximum absolute atomic E-state index is 12.0. The van der Waals surface area contributed by atoms with Crippen LogP contribution in [0.25, 0.3) is 0 Å². The largest absolute Gasteiger partial charge is 0.477 e. The number of carbonyl (C=O) groups is 1. The van der Waals surface area contributed by atoms with Gasteiger partial charge in [0.15, 0.2) is 0 Å². The molecule has 1 aromatic heterocycles. The smallest absolute Gasteiger partial charge is 0.341 e. The number of aromatic carboxylic acids is 1. The molecule has 17 heavy (non-hydrogen) atoms. The lowest BCUT2D eigenvalue weighted by Gasteiger charge is -2.12. The van der Waals surface area contributed by atoms with Crippen molar-refractivity contribution >= 4 is 17.7 Å². The van der Waals surface area contributed by atoms with Crippen LogP contribution in [0.1, 0.15) is 28.5 Å². The minimum absolute atomic E-state index is 0.114. The Bertz CT molecular complexity index is 479. The Morgan fingerprint density at radius 1 is 1.47 bits per heavy atom. The number of hydrogen-bond acceptors (Lipinski definition) is 3. The molecule has 0 aliphatic carbocycles. The number of carboxylic acids is 1. The van der Waals surface area contributed by atoms with Crippen LogP contribution in [0.3, 0.4) is 0 Å². The first-order chi connectivity index (χ1) is 7.99. The lowest BCUT2D eigenvalue weighted by atomic mass is 10.1. The van der Waals surface area contributed by atoms with E-state index in [9.17, 15) is 9.59 Å². The standard InChI is InChI=1S/C12H17NO3S/c1-4-17-6-5-13-9(3)7-8(2)10(11(13)14)12(15)16/h7H,4-6H2,1-3H3,(H,15,16). The van der Waals surface area contributed by atoms with Crippen LogP contribution in [0.4, 0.5) is 0 Å². The number of carboxylic acid groups (broad SMARTS) is 1. The van der Waals surface area contributed by atoms with E-state index in [1.54, 1.807) is 29.3 Å². The summed E-state index contributed by atoms with van der Waals surface area (Å²) in [7, 11) is 0. The van der Waals surface area contributed by atoms with Gasteiger partial charge in [0.25, 0.3) is 5.56 Å². The van der Waals surface area contributed by atoms with Crippen molar-refractivity contribution in [1.82, 2.24) is 4.57 Å². The van der Waals surface area contributed by atoms with Crippen molar-refractivity contribution in [2.45, 2.75) is 27.3 Å². The molecule has 0 radical (unpaired) electrons. The summed E-state index contributed by atoms with van der Waals surface area (Å²) in [6.45, 7) is 6.10. The Labute approximate surface area is 105 Å². The van der Waals surface area contributed by atoms with E-state index in [2.05, 4.69) is 6.92 Å². The van der Waals surface area contributed by atoms with Gasteiger partial charge in [0.05, 0.1) is 0 Å². The highest BCUT2D eigenvalue weighted by Gasteiger charge is 2.15. The fourth-order valence-electron chi connectivity index (χ4n) is 1.77. The molecule has 0 aromatic carbocycles. The van der Waals surface area contributed by atoms with Gasteiger partial charge in [0.1, 0.15) is 5.56 Å². The first kappa shape index (κ1) is 13.8. The molecule has 4 nitrogen and oxygen atoms in total. The summed E-state index contributed by atoms with van der Waals surface area (Å²) in [6.07, 6.45) is 0. The molecule has 1 heterocycles. The summed E-state index contributed by atoms with van der Waals surface area (Å²) < 4.78 is 1.54. The van der Waals surface area contributed by atoms with Crippen LogP contribution >= 0.6 is 11.8 Å². The van der Waals surface area contributed by atoms with Crippen LogP contribution in [0, 0.1) is 13.8 Å². The number of hydrogen-bond donors (Lipinski definition) is 1. The molecule has 5 heteroatoms. The number of pyridine rings is 1. The van der Waals surface area contributed by atoms with Crippen LogP contribution < -0.4 is 5.56 Å². The third kappa shape index (κ3) is 3.12. The number of nitrogens with zero attached hydrogens (tertiary/aromatic N) is 1. The Morgan fingerprint density at radius 2 is 2.12 bits per heavy atom. The molecule has 1 rings (SSSR count). The molecule has 0 saturated heterocycles.